The molecule has 4 rings (SSSR count). The van der Waals surface area contributed by atoms with Gasteiger partial charge in [0.05, 0.1) is 10.3 Å². The molecule has 11 heteroatoms. The minimum absolute atomic E-state index is 0.144. The maximum Gasteiger partial charge on any atom is 0.281 e. The quantitative estimate of drug-likeness (QED) is 0.574. The Hall–Kier alpha value is -2.34. The van der Waals surface area contributed by atoms with Crippen molar-refractivity contribution in [3.8, 4) is 0 Å². The van der Waals surface area contributed by atoms with Gasteiger partial charge in [0.25, 0.3) is 5.56 Å². The van der Waals surface area contributed by atoms with E-state index >= 15 is 0 Å². The highest BCUT2D eigenvalue weighted by Gasteiger charge is 2.20. The average Bonchev–Trinajstić information content (AvgIpc) is 3.09. The topological polar surface area (TPSA) is 96.3 Å². The fourth-order valence-corrected chi connectivity index (χ4v) is 5.82. The number of sulfonamides is 1. The summed E-state index contributed by atoms with van der Waals surface area (Å²) in [5.74, 6) is 0. The number of thiocarbonyl (C=S) groups is 1. The van der Waals surface area contributed by atoms with Crippen LogP contribution in [0.4, 0.5) is 5.69 Å². The van der Waals surface area contributed by atoms with Crippen LogP contribution in [0.25, 0.3) is 10.2 Å². The fraction of sp³-hybridized carbons (Fsp3) is 0.316. The van der Waals surface area contributed by atoms with E-state index in [1.54, 1.807) is 23.5 Å². The summed E-state index contributed by atoms with van der Waals surface area (Å²) in [4.78, 5) is 19.6. The van der Waals surface area contributed by atoms with E-state index in [-0.39, 0.29) is 15.6 Å². The molecule has 0 fully saturated rings. The van der Waals surface area contributed by atoms with Gasteiger partial charge in [-0.25, -0.2) is 22.4 Å². The lowest BCUT2D eigenvalue weighted by molar-refractivity contribution is 0.521. The number of benzene rings is 1. The van der Waals surface area contributed by atoms with E-state index in [4.69, 9.17) is 12.2 Å². The van der Waals surface area contributed by atoms with E-state index in [0.717, 1.165) is 40.4 Å². The molecule has 0 radical (unpaired) electrons. The molecule has 0 aliphatic heterocycles. The summed E-state index contributed by atoms with van der Waals surface area (Å²) in [6, 6.07) is 6.32. The number of rotatable bonds is 4. The number of aromatic nitrogens is 2. The van der Waals surface area contributed by atoms with Gasteiger partial charge >= 0.3 is 0 Å². The molecule has 0 bridgehead atoms. The molecular formula is C19H21N5O3S3. The highest BCUT2D eigenvalue weighted by Crippen LogP contribution is 2.33. The van der Waals surface area contributed by atoms with Crippen LogP contribution in [0, 0.1) is 0 Å². The number of anilines is 1. The highest BCUT2D eigenvalue weighted by molar-refractivity contribution is 7.89. The van der Waals surface area contributed by atoms with Crippen molar-refractivity contribution in [3.05, 3.63) is 51.4 Å². The molecule has 30 heavy (non-hydrogen) atoms. The summed E-state index contributed by atoms with van der Waals surface area (Å²) < 4.78 is 27.0. The van der Waals surface area contributed by atoms with Crippen molar-refractivity contribution in [1.29, 1.82) is 0 Å². The van der Waals surface area contributed by atoms with Gasteiger partial charge in [0.2, 0.25) is 10.0 Å². The van der Waals surface area contributed by atoms with E-state index in [2.05, 4.69) is 15.7 Å². The maximum absolute atomic E-state index is 13.0. The van der Waals surface area contributed by atoms with Crippen LogP contribution in [0.3, 0.4) is 0 Å². The Morgan fingerprint density at radius 1 is 1.27 bits per heavy atom. The Bertz CT molecular complexity index is 1290. The second-order valence-corrected chi connectivity index (χ2v) is 10.8. The predicted molar refractivity (Wildman–Crippen MR) is 123 cm³/mol. The second kappa shape index (κ2) is 8.06. The zero-order chi connectivity index (χ0) is 21.5. The standard InChI is InChI=1S/C19H21N5O3S3/c1-23(2)30(26,27)13-7-5-6-12(10-13)21-19(28)22-24-11-20-17-16(18(24)25)14-8-3-4-9-15(14)29-17/h5-7,10-11H,3-4,8-9H2,1-2H3,(H2,21,22,28). The SMILES string of the molecule is CN(C)S(=O)(=O)c1cccc(NC(=S)Nn2cnc3sc4c(c3c2=O)CCCC4)c1. The number of hydrogen-bond acceptors (Lipinski definition) is 6. The number of hydrogen-bond donors (Lipinski definition) is 2. The normalized spacial score (nSPS) is 14.0. The molecule has 2 aromatic heterocycles. The first-order valence-electron chi connectivity index (χ1n) is 9.40. The monoisotopic (exact) mass is 463 g/mol. The van der Waals surface area contributed by atoms with Crippen LogP contribution in [0.5, 0.6) is 0 Å². The van der Waals surface area contributed by atoms with Crippen LogP contribution in [0.2, 0.25) is 0 Å². The van der Waals surface area contributed by atoms with Crippen LogP contribution >= 0.6 is 23.6 Å². The number of nitrogens with one attached hydrogen (secondary N) is 2. The molecule has 0 saturated carbocycles. The molecule has 2 heterocycles. The van der Waals surface area contributed by atoms with E-state index in [1.807, 2.05) is 0 Å². The smallest absolute Gasteiger partial charge is 0.281 e. The Morgan fingerprint density at radius 3 is 2.80 bits per heavy atom. The van der Waals surface area contributed by atoms with Crippen molar-refractivity contribution < 1.29 is 8.42 Å². The second-order valence-electron chi connectivity index (χ2n) is 7.19. The Labute approximate surface area is 183 Å². The van der Waals surface area contributed by atoms with Crippen LogP contribution in [0.15, 0.2) is 40.3 Å². The van der Waals surface area contributed by atoms with Gasteiger partial charge in [-0.2, -0.15) is 0 Å². The Kier molecular flexibility index (Phi) is 5.62. The summed E-state index contributed by atoms with van der Waals surface area (Å²) in [5, 5.41) is 3.74. The van der Waals surface area contributed by atoms with Gasteiger partial charge in [-0.05, 0) is 61.7 Å². The van der Waals surface area contributed by atoms with Gasteiger partial charge in [0, 0.05) is 24.7 Å². The van der Waals surface area contributed by atoms with E-state index < -0.39 is 10.0 Å². The van der Waals surface area contributed by atoms with Gasteiger partial charge in [0.15, 0.2) is 5.11 Å². The van der Waals surface area contributed by atoms with E-state index in [0.29, 0.717) is 11.1 Å². The van der Waals surface area contributed by atoms with Crippen LogP contribution in [-0.2, 0) is 22.9 Å². The lowest BCUT2D eigenvalue weighted by Gasteiger charge is -2.15. The molecule has 0 atom stereocenters. The first kappa shape index (κ1) is 20.9. The third kappa shape index (κ3) is 3.85. The van der Waals surface area contributed by atoms with Crippen molar-refractivity contribution in [2.75, 3.05) is 24.8 Å². The van der Waals surface area contributed by atoms with Crippen LogP contribution in [-0.4, -0.2) is 41.6 Å². The zero-order valence-corrected chi connectivity index (χ0v) is 19.0. The maximum atomic E-state index is 13.0. The molecule has 8 nitrogen and oxygen atoms in total. The summed E-state index contributed by atoms with van der Waals surface area (Å²) >= 11 is 6.91. The molecule has 3 aromatic rings. The van der Waals surface area contributed by atoms with Gasteiger partial charge in [-0.15, -0.1) is 11.3 Å². The molecular weight excluding hydrogens is 442 g/mol. The number of fused-ring (bicyclic) bond motifs is 3. The van der Waals surface area contributed by atoms with Crippen LogP contribution < -0.4 is 16.3 Å². The first-order chi connectivity index (χ1) is 14.3. The molecule has 0 saturated heterocycles. The predicted octanol–water partition coefficient (Wildman–Crippen LogP) is 2.53. The minimum atomic E-state index is -3.56. The van der Waals surface area contributed by atoms with Gasteiger partial charge in [0.1, 0.15) is 11.2 Å². The molecule has 158 valence electrons. The summed E-state index contributed by atoms with van der Waals surface area (Å²) in [6.45, 7) is 0. The third-order valence-electron chi connectivity index (χ3n) is 4.97. The summed E-state index contributed by atoms with van der Waals surface area (Å²) in [7, 11) is -0.617. The van der Waals surface area contributed by atoms with Crippen molar-refractivity contribution in [2.45, 2.75) is 30.6 Å². The lowest BCUT2D eigenvalue weighted by Crippen LogP contribution is -2.35. The summed E-state index contributed by atoms with van der Waals surface area (Å²) in [5.41, 5.74) is 4.25. The molecule has 0 spiro atoms. The number of aryl methyl sites for hydroxylation is 2. The molecule has 1 aromatic carbocycles. The first-order valence-corrected chi connectivity index (χ1v) is 12.1. The number of thiophene rings is 1. The van der Waals surface area contributed by atoms with Gasteiger partial charge in [-0.1, -0.05) is 6.07 Å². The molecule has 1 aliphatic rings. The fourth-order valence-electron chi connectivity index (χ4n) is 3.44. The van der Waals surface area contributed by atoms with E-state index in [9.17, 15) is 13.2 Å². The largest absolute Gasteiger partial charge is 0.331 e. The van der Waals surface area contributed by atoms with Crippen molar-refractivity contribution in [1.82, 2.24) is 14.0 Å². The van der Waals surface area contributed by atoms with E-state index in [1.165, 1.54) is 42.1 Å². The molecule has 0 amide bonds. The Morgan fingerprint density at radius 2 is 2.03 bits per heavy atom. The minimum Gasteiger partial charge on any atom is -0.331 e. The average molecular weight is 464 g/mol. The molecule has 1 aliphatic carbocycles. The van der Waals surface area contributed by atoms with Crippen LogP contribution in [0.1, 0.15) is 23.3 Å². The van der Waals surface area contributed by atoms with Gasteiger partial charge in [-0.3, -0.25) is 10.2 Å². The van der Waals surface area contributed by atoms with Gasteiger partial charge < -0.3 is 5.32 Å². The van der Waals surface area contributed by atoms with Crippen molar-refractivity contribution >= 4 is 54.6 Å². The highest BCUT2D eigenvalue weighted by atomic mass is 32.2. The number of nitrogens with zero attached hydrogens (tertiary/aromatic N) is 3. The zero-order valence-electron chi connectivity index (χ0n) is 16.5. The van der Waals surface area contributed by atoms with Crippen molar-refractivity contribution in [3.63, 3.8) is 0 Å². The molecule has 0 unspecified atom stereocenters. The molecule has 2 N–H and O–H groups in total. The lowest BCUT2D eigenvalue weighted by atomic mass is 9.97. The Balaban J connectivity index is 1.57. The van der Waals surface area contributed by atoms with Crippen molar-refractivity contribution in [2.24, 2.45) is 0 Å². The summed E-state index contributed by atoms with van der Waals surface area (Å²) in [6.07, 6.45) is 5.53. The third-order valence-corrected chi connectivity index (χ3v) is 8.17.